The van der Waals surface area contributed by atoms with Gasteiger partial charge >= 0.3 is 0 Å². The molecule has 0 aliphatic carbocycles. The number of aryl methyl sites for hydroxylation is 1. The topological polar surface area (TPSA) is 98.8 Å². The number of anilines is 2. The van der Waals surface area contributed by atoms with Gasteiger partial charge in [-0.25, -0.2) is 9.97 Å². The molecule has 29 heavy (non-hydrogen) atoms. The third-order valence-corrected chi connectivity index (χ3v) is 4.60. The highest BCUT2D eigenvalue weighted by Gasteiger charge is 2.22. The Morgan fingerprint density at radius 3 is 2.69 bits per heavy atom. The summed E-state index contributed by atoms with van der Waals surface area (Å²) in [5.41, 5.74) is 1.80. The summed E-state index contributed by atoms with van der Waals surface area (Å²) in [4.78, 5) is 23.7. The van der Waals surface area contributed by atoms with E-state index in [0.29, 0.717) is 24.7 Å². The lowest BCUT2D eigenvalue weighted by Gasteiger charge is -2.26. The Kier molecular flexibility index (Phi) is 7.13. The van der Waals surface area contributed by atoms with E-state index in [0.717, 1.165) is 42.5 Å². The molecule has 3 aromatic rings. The van der Waals surface area contributed by atoms with Gasteiger partial charge in [-0.2, -0.15) is 5.10 Å². The average molecular weight is 396 g/mol. The molecule has 1 amide bonds. The van der Waals surface area contributed by atoms with Gasteiger partial charge in [0.25, 0.3) is 5.91 Å². The number of aromatic amines is 1. The normalized spacial score (nSPS) is 13.7. The molecule has 0 bridgehead atoms. The SMILES string of the molecule is CC.CCCc1cc(Nc2nc(C(=O)N3CCNCC3)nc3ccccc23)n[nH]1. The van der Waals surface area contributed by atoms with Crippen molar-refractivity contribution in [1.82, 2.24) is 30.4 Å². The highest BCUT2D eigenvalue weighted by Crippen LogP contribution is 2.24. The summed E-state index contributed by atoms with van der Waals surface area (Å²) in [5.74, 6) is 1.35. The molecule has 1 fully saturated rings. The van der Waals surface area contributed by atoms with Gasteiger partial charge in [0, 0.05) is 43.3 Å². The average Bonchev–Trinajstić information content (AvgIpc) is 3.22. The highest BCUT2D eigenvalue weighted by atomic mass is 16.2. The number of H-pyrrole nitrogens is 1. The number of piperazine rings is 1. The van der Waals surface area contributed by atoms with Crippen molar-refractivity contribution in [2.45, 2.75) is 33.6 Å². The van der Waals surface area contributed by atoms with Crippen LogP contribution in [0.15, 0.2) is 30.3 Å². The van der Waals surface area contributed by atoms with Crippen molar-refractivity contribution in [3.8, 4) is 0 Å². The number of rotatable bonds is 5. The summed E-state index contributed by atoms with van der Waals surface area (Å²) in [7, 11) is 0. The molecule has 0 saturated carbocycles. The van der Waals surface area contributed by atoms with E-state index in [9.17, 15) is 4.79 Å². The Balaban J connectivity index is 0.00000117. The monoisotopic (exact) mass is 395 g/mol. The number of hydrogen-bond donors (Lipinski definition) is 3. The maximum atomic E-state index is 12.9. The van der Waals surface area contributed by atoms with Crippen LogP contribution in [0.5, 0.6) is 0 Å². The quantitative estimate of drug-likeness (QED) is 0.614. The van der Waals surface area contributed by atoms with Crippen LogP contribution in [-0.4, -0.2) is 57.2 Å². The van der Waals surface area contributed by atoms with E-state index in [1.54, 1.807) is 4.90 Å². The summed E-state index contributed by atoms with van der Waals surface area (Å²) in [6, 6.07) is 9.64. The van der Waals surface area contributed by atoms with Gasteiger partial charge in [0.15, 0.2) is 5.82 Å². The van der Waals surface area contributed by atoms with E-state index in [4.69, 9.17) is 0 Å². The second-order valence-electron chi connectivity index (χ2n) is 6.61. The number of nitrogens with one attached hydrogen (secondary N) is 3. The van der Waals surface area contributed by atoms with Gasteiger partial charge in [0.05, 0.1) is 5.52 Å². The van der Waals surface area contributed by atoms with Crippen LogP contribution >= 0.6 is 0 Å². The Morgan fingerprint density at radius 1 is 1.17 bits per heavy atom. The number of nitrogens with zero attached hydrogens (tertiary/aromatic N) is 4. The molecule has 0 radical (unpaired) electrons. The predicted octanol–water partition coefficient (Wildman–Crippen LogP) is 3.12. The molecule has 2 aromatic heterocycles. The maximum Gasteiger partial charge on any atom is 0.291 e. The molecule has 0 unspecified atom stereocenters. The maximum absolute atomic E-state index is 12.9. The minimum absolute atomic E-state index is 0.140. The lowest BCUT2D eigenvalue weighted by atomic mass is 10.2. The van der Waals surface area contributed by atoms with Crippen LogP contribution in [0, 0.1) is 0 Å². The molecular weight excluding hydrogens is 366 g/mol. The number of aromatic nitrogens is 4. The molecule has 1 aliphatic rings. The molecule has 4 rings (SSSR count). The minimum atomic E-state index is -0.140. The lowest BCUT2D eigenvalue weighted by Crippen LogP contribution is -2.46. The number of amides is 1. The van der Waals surface area contributed by atoms with Crippen molar-refractivity contribution < 1.29 is 4.79 Å². The van der Waals surface area contributed by atoms with Crippen molar-refractivity contribution in [3.63, 3.8) is 0 Å². The van der Waals surface area contributed by atoms with Crippen LogP contribution in [0.4, 0.5) is 11.6 Å². The zero-order valence-corrected chi connectivity index (χ0v) is 17.3. The first-order valence-electron chi connectivity index (χ1n) is 10.3. The molecule has 3 N–H and O–H groups in total. The number of para-hydroxylation sites is 1. The second kappa shape index (κ2) is 9.97. The van der Waals surface area contributed by atoms with Crippen molar-refractivity contribution in [3.05, 3.63) is 41.9 Å². The third-order valence-electron chi connectivity index (χ3n) is 4.60. The molecule has 1 aliphatic heterocycles. The van der Waals surface area contributed by atoms with Crippen molar-refractivity contribution in [2.75, 3.05) is 31.5 Å². The fourth-order valence-corrected chi connectivity index (χ4v) is 3.22. The van der Waals surface area contributed by atoms with E-state index < -0.39 is 0 Å². The number of fused-ring (bicyclic) bond motifs is 1. The molecule has 0 spiro atoms. The number of hydrogen-bond acceptors (Lipinski definition) is 6. The summed E-state index contributed by atoms with van der Waals surface area (Å²) in [6.07, 6.45) is 1.98. The first kappa shape index (κ1) is 20.7. The van der Waals surface area contributed by atoms with E-state index in [-0.39, 0.29) is 11.7 Å². The fraction of sp³-hybridized carbons (Fsp3) is 0.429. The highest BCUT2D eigenvalue weighted by molar-refractivity contribution is 5.97. The van der Waals surface area contributed by atoms with Crippen LogP contribution < -0.4 is 10.6 Å². The molecule has 1 saturated heterocycles. The van der Waals surface area contributed by atoms with Gasteiger partial charge in [-0.05, 0) is 18.6 Å². The zero-order chi connectivity index (χ0) is 20.6. The zero-order valence-electron chi connectivity index (χ0n) is 17.3. The number of benzene rings is 1. The van der Waals surface area contributed by atoms with Gasteiger partial charge in [-0.1, -0.05) is 39.3 Å². The first-order chi connectivity index (χ1) is 14.2. The van der Waals surface area contributed by atoms with Crippen LogP contribution in [0.3, 0.4) is 0 Å². The van der Waals surface area contributed by atoms with Gasteiger partial charge in [0.1, 0.15) is 5.82 Å². The van der Waals surface area contributed by atoms with Gasteiger partial charge < -0.3 is 15.5 Å². The number of carbonyl (C=O) groups excluding carboxylic acids is 1. The molecule has 0 atom stereocenters. The molecule has 1 aromatic carbocycles. The van der Waals surface area contributed by atoms with E-state index in [1.165, 1.54) is 0 Å². The van der Waals surface area contributed by atoms with Crippen LogP contribution in [0.25, 0.3) is 10.9 Å². The smallest absolute Gasteiger partial charge is 0.291 e. The molecule has 8 heteroatoms. The largest absolute Gasteiger partial charge is 0.333 e. The molecule has 154 valence electrons. The van der Waals surface area contributed by atoms with Gasteiger partial charge in [-0.3, -0.25) is 9.89 Å². The van der Waals surface area contributed by atoms with E-state index in [2.05, 4.69) is 37.7 Å². The first-order valence-corrected chi connectivity index (χ1v) is 10.3. The van der Waals surface area contributed by atoms with Crippen molar-refractivity contribution >= 4 is 28.4 Å². The van der Waals surface area contributed by atoms with Crippen LogP contribution in [0.1, 0.15) is 43.5 Å². The van der Waals surface area contributed by atoms with Crippen LogP contribution in [-0.2, 0) is 6.42 Å². The van der Waals surface area contributed by atoms with Gasteiger partial charge in [0.2, 0.25) is 5.82 Å². The summed E-state index contributed by atoms with van der Waals surface area (Å²) in [5, 5.41) is 14.7. The number of carbonyl (C=O) groups is 1. The molecule has 3 heterocycles. The summed E-state index contributed by atoms with van der Waals surface area (Å²) in [6.45, 7) is 9.03. The predicted molar refractivity (Wildman–Crippen MR) is 116 cm³/mol. The third kappa shape index (κ3) is 4.89. The van der Waals surface area contributed by atoms with Crippen molar-refractivity contribution in [1.29, 1.82) is 0 Å². The lowest BCUT2D eigenvalue weighted by molar-refractivity contribution is 0.0724. The Hall–Kier alpha value is -3.00. The van der Waals surface area contributed by atoms with Crippen molar-refractivity contribution in [2.24, 2.45) is 0 Å². The Morgan fingerprint density at radius 2 is 1.93 bits per heavy atom. The summed E-state index contributed by atoms with van der Waals surface area (Å²) < 4.78 is 0. The fourth-order valence-electron chi connectivity index (χ4n) is 3.22. The van der Waals surface area contributed by atoms with Crippen LogP contribution in [0.2, 0.25) is 0 Å². The molecular formula is C21H29N7O. The standard InChI is InChI=1S/C19H23N7O.C2H6/c1-2-5-13-12-16(25-24-13)22-17-14-6-3-4-7-15(14)21-18(23-17)19(27)26-10-8-20-9-11-26;1-2/h3-4,6-7,12,20H,2,5,8-11H2,1H3,(H2,21,22,23,24,25);1-2H3. The van der Waals surface area contributed by atoms with E-state index in [1.807, 2.05) is 44.2 Å². The molecule has 8 nitrogen and oxygen atoms in total. The minimum Gasteiger partial charge on any atom is -0.333 e. The Bertz CT molecular complexity index is 947. The van der Waals surface area contributed by atoms with Gasteiger partial charge in [-0.15, -0.1) is 0 Å². The van der Waals surface area contributed by atoms with E-state index >= 15 is 0 Å². The second-order valence-corrected chi connectivity index (χ2v) is 6.61. The Labute approximate surface area is 171 Å². The summed E-state index contributed by atoms with van der Waals surface area (Å²) >= 11 is 0.